The van der Waals surface area contributed by atoms with Crippen LogP contribution < -0.4 is 11.1 Å². The smallest absolute Gasteiger partial charge is 0.149 e. The molecule has 0 spiro atoms. The van der Waals surface area contributed by atoms with E-state index in [0.29, 0.717) is 31.7 Å². The summed E-state index contributed by atoms with van der Waals surface area (Å²) in [5.74, 6) is 0.296. The van der Waals surface area contributed by atoms with Crippen LogP contribution in [0.15, 0.2) is 0 Å². The molecule has 0 fully saturated rings. The third kappa shape index (κ3) is 18.2. The van der Waals surface area contributed by atoms with Crippen molar-refractivity contribution in [2.24, 2.45) is 5.73 Å². The number of ketones is 1. The van der Waals surface area contributed by atoms with Crippen molar-refractivity contribution in [2.45, 2.75) is 122 Å². The van der Waals surface area contributed by atoms with Gasteiger partial charge in [0.05, 0.1) is 12.1 Å². The number of hydrogen-bond acceptors (Lipinski definition) is 4. The van der Waals surface area contributed by atoms with Gasteiger partial charge in [-0.25, -0.2) is 0 Å². The van der Waals surface area contributed by atoms with Crippen molar-refractivity contribution in [1.29, 1.82) is 5.26 Å². The Hall–Kier alpha value is -0.920. The van der Waals surface area contributed by atoms with Gasteiger partial charge in [0.2, 0.25) is 0 Å². The summed E-state index contributed by atoms with van der Waals surface area (Å²) in [4.78, 5) is 12.4. The van der Waals surface area contributed by atoms with Crippen LogP contribution in [-0.2, 0) is 4.79 Å². The normalized spacial score (nSPS) is 12.0. The SMILES string of the molecule is CCCCCCCCCCCCCCCC(=O)C(CCCN)NCCC#N. The van der Waals surface area contributed by atoms with Crippen molar-refractivity contribution < 1.29 is 4.79 Å². The molecule has 0 heterocycles. The molecule has 27 heavy (non-hydrogen) atoms. The molecule has 0 aliphatic rings. The van der Waals surface area contributed by atoms with E-state index in [0.717, 1.165) is 25.7 Å². The van der Waals surface area contributed by atoms with Crippen LogP contribution in [0, 0.1) is 11.3 Å². The Morgan fingerprint density at radius 1 is 0.889 bits per heavy atom. The first-order chi connectivity index (χ1) is 13.3. The predicted octanol–water partition coefficient (Wildman–Crippen LogP) is 5.65. The Labute approximate surface area is 168 Å². The number of unbranched alkanes of at least 4 members (excludes halogenated alkanes) is 12. The maximum absolute atomic E-state index is 12.4. The Bertz CT molecular complexity index is 365. The highest BCUT2D eigenvalue weighted by molar-refractivity contribution is 5.83. The third-order valence-electron chi connectivity index (χ3n) is 5.24. The van der Waals surface area contributed by atoms with E-state index in [1.54, 1.807) is 0 Å². The fraction of sp³-hybridized carbons (Fsp3) is 0.913. The van der Waals surface area contributed by atoms with Gasteiger partial charge in [0.1, 0.15) is 5.78 Å². The average molecular weight is 380 g/mol. The minimum absolute atomic E-state index is 0.112. The lowest BCUT2D eigenvalue weighted by Crippen LogP contribution is -2.37. The molecule has 0 rings (SSSR count). The molecule has 158 valence electrons. The molecule has 0 aromatic carbocycles. The summed E-state index contributed by atoms with van der Waals surface area (Å²) in [6, 6.07) is 2.00. The zero-order valence-electron chi connectivity index (χ0n) is 17.9. The van der Waals surface area contributed by atoms with Gasteiger partial charge in [-0.05, 0) is 25.8 Å². The van der Waals surface area contributed by atoms with Crippen molar-refractivity contribution in [3.63, 3.8) is 0 Å². The highest BCUT2D eigenvalue weighted by Crippen LogP contribution is 2.13. The molecule has 4 heteroatoms. The molecule has 0 amide bonds. The lowest BCUT2D eigenvalue weighted by Gasteiger charge is -2.16. The number of nitrogens with one attached hydrogen (secondary N) is 1. The lowest BCUT2D eigenvalue weighted by molar-refractivity contribution is -0.121. The number of nitrogens with zero attached hydrogens (tertiary/aromatic N) is 1. The maximum Gasteiger partial charge on any atom is 0.149 e. The molecule has 0 saturated heterocycles. The molecule has 0 aliphatic heterocycles. The molecular formula is C23H45N3O. The first kappa shape index (κ1) is 26.1. The van der Waals surface area contributed by atoms with Crippen LogP contribution in [-0.4, -0.2) is 24.9 Å². The Morgan fingerprint density at radius 3 is 1.89 bits per heavy atom. The Balaban J connectivity index is 3.54. The van der Waals surface area contributed by atoms with E-state index >= 15 is 0 Å². The van der Waals surface area contributed by atoms with E-state index in [-0.39, 0.29) is 6.04 Å². The minimum atomic E-state index is -0.112. The van der Waals surface area contributed by atoms with E-state index in [1.165, 1.54) is 70.6 Å². The number of carbonyl (C=O) groups is 1. The molecule has 3 N–H and O–H groups in total. The Kier molecular flexibility index (Phi) is 20.7. The van der Waals surface area contributed by atoms with Crippen molar-refractivity contribution in [3.8, 4) is 6.07 Å². The number of carbonyl (C=O) groups excluding carboxylic acids is 1. The monoisotopic (exact) mass is 379 g/mol. The fourth-order valence-electron chi connectivity index (χ4n) is 3.49. The summed E-state index contributed by atoms with van der Waals surface area (Å²) in [5.41, 5.74) is 5.57. The largest absolute Gasteiger partial charge is 0.330 e. The van der Waals surface area contributed by atoms with E-state index < -0.39 is 0 Å². The van der Waals surface area contributed by atoms with Gasteiger partial charge in [-0.2, -0.15) is 5.26 Å². The van der Waals surface area contributed by atoms with Crippen LogP contribution in [0.2, 0.25) is 0 Å². The second-order valence-corrected chi connectivity index (χ2v) is 7.80. The fourth-order valence-corrected chi connectivity index (χ4v) is 3.49. The van der Waals surface area contributed by atoms with E-state index in [1.807, 2.05) is 0 Å². The van der Waals surface area contributed by atoms with Crippen LogP contribution >= 0.6 is 0 Å². The first-order valence-corrected chi connectivity index (χ1v) is 11.6. The predicted molar refractivity (Wildman–Crippen MR) is 116 cm³/mol. The molecule has 0 saturated carbocycles. The van der Waals surface area contributed by atoms with Crippen molar-refractivity contribution in [2.75, 3.05) is 13.1 Å². The molecular weight excluding hydrogens is 334 g/mol. The van der Waals surface area contributed by atoms with Crippen molar-refractivity contribution in [3.05, 3.63) is 0 Å². The molecule has 0 bridgehead atoms. The molecule has 0 aromatic rings. The van der Waals surface area contributed by atoms with Gasteiger partial charge in [0.15, 0.2) is 0 Å². The maximum atomic E-state index is 12.4. The second kappa shape index (κ2) is 21.4. The minimum Gasteiger partial charge on any atom is -0.330 e. The molecule has 4 nitrogen and oxygen atoms in total. The molecule has 0 radical (unpaired) electrons. The van der Waals surface area contributed by atoms with Crippen LogP contribution in [0.3, 0.4) is 0 Å². The number of Topliss-reactive ketones (excluding diaryl/α,β-unsaturated/α-hetero) is 1. The standard InChI is InChI=1S/C23H45N3O/c1-2-3-4-5-6-7-8-9-10-11-12-13-14-18-23(27)22(17-15-19-24)26-21-16-20-25/h22,26H,2-19,21,24H2,1H3. The van der Waals surface area contributed by atoms with Gasteiger partial charge in [-0.15, -0.1) is 0 Å². The summed E-state index contributed by atoms with van der Waals surface area (Å²) in [6.07, 6.45) is 19.9. The lowest BCUT2D eigenvalue weighted by atomic mass is 10.00. The first-order valence-electron chi connectivity index (χ1n) is 11.6. The molecule has 1 unspecified atom stereocenters. The zero-order valence-corrected chi connectivity index (χ0v) is 17.9. The van der Waals surface area contributed by atoms with Crippen LogP contribution in [0.4, 0.5) is 0 Å². The Morgan fingerprint density at radius 2 is 1.41 bits per heavy atom. The number of hydrogen-bond donors (Lipinski definition) is 2. The summed E-state index contributed by atoms with van der Waals surface area (Å²) in [6.45, 7) is 3.47. The summed E-state index contributed by atoms with van der Waals surface area (Å²) in [5, 5.41) is 11.9. The highest BCUT2D eigenvalue weighted by Gasteiger charge is 2.16. The zero-order chi connectivity index (χ0) is 20.0. The summed E-state index contributed by atoms with van der Waals surface area (Å²) in [7, 11) is 0. The number of rotatable bonds is 21. The molecule has 0 aromatic heterocycles. The topological polar surface area (TPSA) is 78.9 Å². The van der Waals surface area contributed by atoms with E-state index in [2.05, 4.69) is 18.3 Å². The third-order valence-corrected chi connectivity index (χ3v) is 5.24. The van der Waals surface area contributed by atoms with Crippen LogP contribution in [0.25, 0.3) is 0 Å². The van der Waals surface area contributed by atoms with E-state index in [4.69, 9.17) is 11.0 Å². The van der Waals surface area contributed by atoms with E-state index in [9.17, 15) is 4.79 Å². The van der Waals surface area contributed by atoms with Gasteiger partial charge in [-0.1, -0.05) is 84.0 Å². The van der Waals surface area contributed by atoms with Gasteiger partial charge >= 0.3 is 0 Å². The second-order valence-electron chi connectivity index (χ2n) is 7.80. The highest BCUT2D eigenvalue weighted by atomic mass is 16.1. The van der Waals surface area contributed by atoms with Gasteiger partial charge in [-0.3, -0.25) is 4.79 Å². The van der Waals surface area contributed by atoms with Gasteiger partial charge in [0, 0.05) is 19.4 Å². The molecule has 0 aliphatic carbocycles. The summed E-state index contributed by atoms with van der Waals surface area (Å²) < 4.78 is 0. The van der Waals surface area contributed by atoms with Crippen LogP contribution in [0.1, 0.15) is 116 Å². The van der Waals surface area contributed by atoms with Crippen molar-refractivity contribution in [1.82, 2.24) is 5.32 Å². The quantitative estimate of drug-likeness (QED) is 0.253. The average Bonchev–Trinajstić information content (AvgIpc) is 2.68. The number of nitriles is 1. The van der Waals surface area contributed by atoms with Crippen molar-refractivity contribution >= 4 is 5.78 Å². The van der Waals surface area contributed by atoms with Gasteiger partial charge < -0.3 is 11.1 Å². The summed E-state index contributed by atoms with van der Waals surface area (Å²) >= 11 is 0. The van der Waals surface area contributed by atoms with Crippen LogP contribution in [0.5, 0.6) is 0 Å². The van der Waals surface area contributed by atoms with Gasteiger partial charge in [0.25, 0.3) is 0 Å². The molecule has 1 atom stereocenters. The number of nitrogens with two attached hydrogens (primary N) is 1.